The number of fused-ring (bicyclic) bond motifs is 1. The minimum Gasteiger partial charge on any atom is -0.489 e. The lowest BCUT2D eigenvalue weighted by atomic mass is 9.83. The number of benzene rings is 2. The Morgan fingerprint density at radius 3 is 2.63 bits per heavy atom. The molecule has 3 amide bonds. The molecule has 0 spiro atoms. The van der Waals surface area contributed by atoms with E-state index in [0.29, 0.717) is 29.8 Å². The fraction of sp³-hybridized carbons (Fsp3) is 0.448. The van der Waals surface area contributed by atoms with Gasteiger partial charge >= 0.3 is 0 Å². The summed E-state index contributed by atoms with van der Waals surface area (Å²) in [4.78, 5) is 40.8. The van der Waals surface area contributed by atoms with E-state index in [1.165, 1.54) is 12.1 Å². The minimum absolute atomic E-state index is 0.00903. The van der Waals surface area contributed by atoms with Crippen LogP contribution in [-0.4, -0.2) is 58.8 Å². The fourth-order valence-electron chi connectivity index (χ4n) is 6.39. The molecule has 3 aliphatic heterocycles. The zero-order valence-electron chi connectivity index (χ0n) is 21.0. The van der Waals surface area contributed by atoms with Crippen molar-refractivity contribution in [3.63, 3.8) is 0 Å². The van der Waals surface area contributed by atoms with Crippen LogP contribution in [0.4, 0.5) is 4.39 Å². The van der Waals surface area contributed by atoms with Gasteiger partial charge in [-0.1, -0.05) is 12.5 Å². The van der Waals surface area contributed by atoms with Gasteiger partial charge in [0, 0.05) is 43.6 Å². The van der Waals surface area contributed by atoms with Crippen LogP contribution in [0.15, 0.2) is 36.4 Å². The predicted molar refractivity (Wildman–Crippen MR) is 135 cm³/mol. The van der Waals surface area contributed by atoms with Gasteiger partial charge < -0.3 is 9.64 Å². The number of hydrogen-bond acceptors (Lipinski definition) is 6. The number of imide groups is 1. The number of rotatable bonds is 5. The molecular formula is C29H29FN4O4. The van der Waals surface area contributed by atoms with Crippen LogP contribution in [0.1, 0.15) is 71.5 Å². The second-order valence-electron chi connectivity index (χ2n) is 10.7. The Labute approximate surface area is 220 Å². The van der Waals surface area contributed by atoms with Gasteiger partial charge in [0.15, 0.2) is 0 Å². The number of amides is 3. The number of hydrogen-bond donors (Lipinski definition) is 1. The molecule has 8 nitrogen and oxygen atoms in total. The molecule has 6 rings (SSSR count). The molecule has 1 saturated carbocycles. The number of piperidine rings is 1. The molecule has 196 valence electrons. The number of nitrogens with one attached hydrogen (secondary N) is 1. The third kappa shape index (κ3) is 4.43. The standard InChI is InChI=1S/C29H29FN4O4/c30-20-5-7-22(17(11-20)13-31)19-14-33(15-19)24-3-1-2-4-26(24)38-21-6-8-23-18(12-21)16-34(29(23)37)25-9-10-27(35)32-28(25)36/h5-8,11-12,19,24-26H,1-4,9-10,14-16H2,(H,32,35,36)/t24-,25?,26-/m0/s1. The Hall–Kier alpha value is -3.77. The molecule has 0 radical (unpaired) electrons. The first-order valence-electron chi connectivity index (χ1n) is 13.3. The van der Waals surface area contributed by atoms with Gasteiger partial charge in [0.05, 0.1) is 11.6 Å². The first-order chi connectivity index (χ1) is 18.4. The molecule has 1 aliphatic carbocycles. The summed E-state index contributed by atoms with van der Waals surface area (Å²) in [7, 11) is 0. The van der Waals surface area contributed by atoms with E-state index in [4.69, 9.17) is 4.74 Å². The van der Waals surface area contributed by atoms with Gasteiger partial charge in [-0.05, 0) is 67.1 Å². The second kappa shape index (κ2) is 9.84. The van der Waals surface area contributed by atoms with Crippen LogP contribution in [0.2, 0.25) is 0 Å². The van der Waals surface area contributed by atoms with E-state index in [9.17, 15) is 24.0 Å². The zero-order valence-corrected chi connectivity index (χ0v) is 21.0. The van der Waals surface area contributed by atoms with Crippen LogP contribution < -0.4 is 10.1 Å². The average molecular weight is 517 g/mol. The maximum absolute atomic E-state index is 13.6. The minimum atomic E-state index is -0.637. The van der Waals surface area contributed by atoms with E-state index in [1.54, 1.807) is 17.0 Å². The molecule has 2 aromatic rings. The van der Waals surface area contributed by atoms with E-state index < -0.39 is 17.8 Å². The Kier molecular flexibility index (Phi) is 6.36. The van der Waals surface area contributed by atoms with Gasteiger partial charge in [-0.3, -0.25) is 24.6 Å². The summed E-state index contributed by atoms with van der Waals surface area (Å²) in [6.07, 6.45) is 4.75. The second-order valence-corrected chi connectivity index (χ2v) is 10.7. The highest BCUT2D eigenvalue weighted by Crippen LogP contribution is 2.37. The van der Waals surface area contributed by atoms with Crippen molar-refractivity contribution in [2.24, 2.45) is 0 Å². The number of nitriles is 1. The van der Waals surface area contributed by atoms with Crippen LogP contribution in [0.3, 0.4) is 0 Å². The molecule has 1 unspecified atom stereocenters. The molecule has 2 aromatic carbocycles. The lowest BCUT2D eigenvalue weighted by Gasteiger charge is -2.48. The first kappa shape index (κ1) is 24.6. The summed E-state index contributed by atoms with van der Waals surface area (Å²) >= 11 is 0. The lowest BCUT2D eigenvalue weighted by molar-refractivity contribution is -0.136. The molecule has 0 aromatic heterocycles. The molecule has 4 aliphatic rings. The van der Waals surface area contributed by atoms with E-state index >= 15 is 0 Å². The van der Waals surface area contributed by atoms with E-state index in [1.807, 2.05) is 12.1 Å². The molecule has 2 saturated heterocycles. The topological polar surface area (TPSA) is 103 Å². The van der Waals surface area contributed by atoms with Gasteiger partial charge in [-0.15, -0.1) is 0 Å². The van der Waals surface area contributed by atoms with Crippen molar-refractivity contribution < 1.29 is 23.5 Å². The molecule has 3 atom stereocenters. The SMILES string of the molecule is N#Cc1cc(F)ccc1C1CN([C@H]2CCCC[C@@H]2Oc2ccc3c(c2)CN(C2CCC(=O)NC2=O)C3=O)C1. The summed E-state index contributed by atoms with van der Waals surface area (Å²) < 4.78 is 20.1. The molecule has 3 fully saturated rings. The quantitative estimate of drug-likeness (QED) is 0.612. The summed E-state index contributed by atoms with van der Waals surface area (Å²) in [5.41, 5.74) is 2.71. The number of nitrogens with zero attached hydrogens (tertiary/aromatic N) is 3. The predicted octanol–water partition coefficient (Wildman–Crippen LogP) is 3.25. The lowest BCUT2D eigenvalue weighted by Crippen LogP contribution is -2.57. The number of halogens is 1. The van der Waals surface area contributed by atoms with Crippen molar-refractivity contribution in [1.82, 2.24) is 15.1 Å². The van der Waals surface area contributed by atoms with Crippen LogP contribution in [0.25, 0.3) is 0 Å². The molecule has 9 heteroatoms. The Balaban J connectivity index is 1.12. The smallest absolute Gasteiger partial charge is 0.255 e. The molecular weight excluding hydrogens is 487 g/mol. The van der Waals surface area contributed by atoms with Gasteiger partial charge in [-0.25, -0.2) is 4.39 Å². The summed E-state index contributed by atoms with van der Waals surface area (Å²) in [6.45, 7) is 1.94. The third-order valence-electron chi connectivity index (χ3n) is 8.40. The van der Waals surface area contributed by atoms with Crippen molar-refractivity contribution in [3.05, 3.63) is 64.5 Å². The first-order valence-corrected chi connectivity index (χ1v) is 13.3. The van der Waals surface area contributed by atoms with Crippen LogP contribution in [0.5, 0.6) is 5.75 Å². The van der Waals surface area contributed by atoms with Crippen LogP contribution >= 0.6 is 0 Å². The van der Waals surface area contributed by atoms with Gasteiger partial charge in [-0.2, -0.15) is 5.26 Å². The fourth-order valence-corrected chi connectivity index (χ4v) is 6.39. The Morgan fingerprint density at radius 2 is 1.84 bits per heavy atom. The molecule has 3 heterocycles. The largest absolute Gasteiger partial charge is 0.489 e. The Morgan fingerprint density at radius 1 is 1.03 bits per heavy atom. The van der Waals surface area contributed by atoms with Crippen molar-refractivity contribution in [2.75, 3.05) is 13.1 Å². The highest BCUT2D eigenvalue weighted by molar-refractivity contribution is 6.05. The summed E-state index contributed by atoms with van der Waals surface area (Å²) in [5.74, 6) is -0.388. The average Bonchev–Trinajstić information content (AvgIpc) is 3.20. The van der Waals surface area contributed by atoms with E-state index in [2.05, 4.69) is 16.3 Å². The number of ether oxygens (including phenoxy) is 1. The molecule has 38 heavy (non-hydrogen) atoms. The van der Waals surface area contributed by atoms with Gasteiger partial charge in [0.25, 0.3) is 5.91 Å². The monoisotopic (exact) mass is 516 g/mol. The third-order valence-corrected chi connectivity index (χ3v) is 8.40. The number of likely N-dealkylation sites (tertiary alicyclic amines) is 1. The van der Waals surface area contributed by atoms with Gasteiger partial charge in [0.2, 0.25) is 11.8 Å². The number of carbonyl (C=O) groups excluding carboxylic acids is 3. The van der Waals surface area contributed by atoms with Gasteiger partial charge in [0.1, 0.15) is 23.7 Å². The number of carbonyl (C=O) groups is 3. The highest BCUT2D eigenvalue weighted by atomic mass is 19.1. The van der Waals surface area contributed by atoms with E-state index in [-0.39, 0.29) is 36.3 Å². The van der Waals surface area contributed by atoms with E-state index in [0.717, 1.165) is 49.9 Å². The summed E-state index contributed by atoms with van der Waals surface area (Å²) in [5, 5.41) is 11.8. The van der Waals surface area contributed by atoms with Crippen molar-refractivity contribution in [3.8, 4) is 11.8 Å². The molecule has 1 N–H and O–H groups in total. The van der Waals surface area contributed by atoms with Crippen molar-refractivity contribution in [2.45, 2.75) is 69.2 Å². The maximum Gasteiger partial charge on any atom is 0.255 e. The van der Waals surface area contributed by atoms with Crippen molar-refractivity contribution >= 4 is 17.7 Å². The maximum atomic E-state index is 13.6. The molecule has 0 bridgehead atoms. The normalized spacial score (nSPS) is 25.9. The van der Waals surface area contributed by atoms with Crippen molar-refractivity contribution in [1.29, 1.82) is 5.26 Å². The zero-order chi connectivity index (χ0) is 26.4. The highest BCUT2D eigenvalue weighted by Gasteiger charge is 2.41. The summed E-state index contributed by atoms with van der Waals surface area (Å²) in [6, 6.07) is 11.7. The van der Waals surface area contributed by atoms with Crippen LogP contribution in [0, 0.1) is 17.1 Å². The van der Waals surface area contributed by atoms with Crippen LogP contribution in [-0.2, 0) is 16.1 Å². The Bertz CT molecular complexity index is 1350.